The molecule has 0 aliphatic rings. The summed E-state index contributed by atoms with van der Waals surface area (Å²) in [5.74, 6) is -0.558. The van der Waals surface area contributed by atoms with Crippen LogP contribution in [0.25, 0.3) is 0 Å². The Morgan fingerprint density at radius 3 is 2.20 bits per heavy atom. The van der Waals surface area contributed by atoms with Gasteiger partial charge in [0.05, 0.1) is 11.9 Å². The lowest BCUT2D eigenvalue weighted by Crippen LogP contribution is -2.48. The normalized spacial score (nSPS) is 12.1. The molecular weight excluding hydrogens is 509 g/mol. The molecule has 2 aromatic rings. The molecule has 0 fully saturated rings. The molecule has 0 unspecified atom stereocenters. The summed E-state index contributed by atoms with van der Waals surface area (Å²) in [5.41, 5.74) is 1.09. The number of nitrogens with one attached hydrogen (secondary N) is 1. The van der Waals surface area contributed by atoms with Gasteiger partial charge in [-0.1, -0.05) is 60.8 Å². The molecule has 2 aromatic carbocycles. The molecule has 0 aromatic heterocycles. The third-order valence-corrected chi connectivity index (χ3v) is 7.49. The lowest BCUT2D eigenvalue weighted by Gasteiger charge is -2.30. The van der Waals surface area contributed by atoms with Crippen LogP contribution in [0.2, 0.25) is 10.0 Å². The van der Waals surface area contributed by atoms with E-state index in [0.717, 1.165) is 19.1 Å². The Hall–Kier alpha value is -2.29. The van der Waals surface area contributed by atoms with Gasteiger partial charge in [-0.2, -0.15) is 0 Å². The van der Waals surface area contributed by atoms with Crippen LogP contribution in [0.5, 0.6) is 0 Å². The third kappa shape index (κ3) is 8.70. The molecule has 0 spiro atoms. The van der Waals surface area contributed by atoms with Gasteiger partial charge in [0, 0.05) is 41.7 Å². The summed E-state index contributed by atoms with van der Waals surface area (Å²) in [6.07, 6.45) is 3.23. The number of benzene rings is 2. The maximum atomic E-state index is 13.3. The van der Waals surface area contributed by atoms with Crippen molar-refractivity contribution in [1.82, 2.24) is 10.2 Å². The standard InChI is InChI=1S/C25H33Cl2N3O4S/c1-4-5-16-28-25(32)19(2)29(18-21-22(26)13-9-14-23(21)27)24(31)15-10-17-30(35(3,33)34)20-11-7-6-8-12-20/h6-9,11-14,19H,4-5,10,15-18H2,1-3H3,(H,28,32)/t19-/m1/s1. The predicted molar refractivity (Wildman–Crippen MR) is 142 cm³/mol. The molecule has 192 valence electrons. The Kier molecular flexibility index (Phi) is 11.3. The van der Waals surface area contributed by atoms with Gasteiger partial charge in [0.1, 0.15) is 6.04 Å². The number of anilines is 1. The van der Waals surface area contributed by atoms with E-state index in [0.29, 0.717) is 27.8 Å². The van der Waals surface area contributed by atoms with Crippen LogP contribution in [-0.2, 0) is 26.2 Å². The highest BCUT2D eigenvalue weighted by Gasteiger charge is 2.27. The van der Waals surface area contributed by atoms with E-state index >= 15 is 0 Å². The molecule has 1 atom stereocenters. The number of hydrogen-bond donors (Lipinski definition) is 1. The molecular formula is C25H33Cl2N3O4S. The Balaban J connectivity index is 2.18. The van der Waals surface area contributed by atoms with E-state index in [-0.39, 0.29) is 37.7 Å². The molecule has 0 radical (unpaired) electrons. The van der Waals surface area contributed by atoms with E-state index in [4.69, 9.17) is 23.2 Å². The van der Waals surface area contributed by atoms with Crippen molar-refractivity contribution in [3.8, 4) is 0 Å². The van der Waals surface area contributed by atoms with E-state index in [1.54, 1.807) is 55.5 Å². The van der Waals surface area contributed by atoms with Crippen LogP contribution in [0.4, 0.5) is 5.69 Å². The average Bonchev–Trinajstić information content (AvgIpc) is 2.81. The van der Waals surface area contributed by atoms with E-state index in [1.165, 1.54) is 9.21 Å². The van der Waals surface area contributed by atoms with E-state index < -0.39 is 16.1 Å². The highest BCUT2D eigenvalue weighted by atomic mass is 35.5. The maximum Gasteiger partial charge on any atom is 0.242 e. The lowest BCUT2D eigenvalue weighted by molar-refractivity contribution is -0.140. The molecule has 1 N–H and O–H groups in total. The first-order valence-electron chi connectivity index (χ1n) is 11.6. The lowest BCUT2D eigenvalue weighted by atomic mass is 10.1. The number of para-hydroxylation sites is 1. The Morgan fingerprint density at radius 2 is 1.63 bits per heavy atom. The average molecular weight is 543 g/mol. The zero-order chi connectivity index (χ0) is 26.0. The van der Waals surface area contributed by atoms with Crippen LogP contribution in [0.3, 0.4) is 0 Å². The fourth-order valence-corrected chi connectivity index (χ4v) is 5.05. The first kappa shape index (κ1) is 28.9. The Morgan fingerprint density at radius 1 is 1.00 bits per heavy atom. The molecule has 10 heteroatoms. The summed E-state index contributed by atoms with van der Waals surface area (Å²) in [6, 6.07) is 13.0. The molecule has 0 aliphatic carbocycles. The molecule has 2 rings (SSSR count). The topological polar surface area (TPSA) is 86.8 Å². The SMILES string of the molecule is CCCCNC(=O)[C@@H](C)N(Cc1c(Cl)cccc1Cl)C(=O)CCCN(c1ccccc1)S(C)(=O)=O. The fourth-order valence-electron chi connectivity index (χ4n) is 3.57. The molecule has 0 saturated heterocycles. The van der Waals surface area contributed by atoms with Gasteiger partial charge in [-0.05, 0) is 44.0 Å². The summed E-state index contributed by atoms with van der Waals surface area (Å²) in [4.78, 5) is 27.5. The number of carbonyl (C=O) groups excluding carboxylic acids is 2. The largest absolute Gasteiger partial charge is 0.354 e. The van der Waals surface area contributed by atoms with E-state index in [2.05, 4.69) is 5.32 Å². The van der Waals surface area contributed by atoms with Crippen molar-refractivity contribution in [2.75, 3.05) is 23.7 Å². The molecule has 35 heavy (non-hydrogen) atoms. The number of nitrogens with zero attached hydrogens (tertiary/aromatic N) is 2. The minimum absolute atomic E-state index is 0.0491. The van der Waals surface area contributed by atoms with Crippen molar-refractivity contribution in [3.05, 3.63) is 64.1 Å². The quantitative estimate of drug-likeness (QED) is 0.366. The van der Waals surface area contributed by atoms with Gasteiger partial charge in [0.25, 0.3) is 0 Å². The van der Waals surface area contributed by atoms with Gasteiger partial charge in [-0.15, -0.1) is 0 Å². The molecule has 2 amide bonds. The first-order chi connectivity index (χ1) is 16.6. The van der Waals surface area contributed by atoms with Gasteiger partial charge in [0.2, 0.25) is 21.8 Å². The molecule has 0 heterocycles. The monoisotopic (exact) mass is 541 g/mol. The van der Waals surface area contributed by atoms with Crippen molar-refractivity contribution in [3.63, 3.8) is 0 Å². The van der Waals surface area contributed by atoms with Gasteiger partial charge in [-0.25, -0.2) is 8.42 Å². The summed E-state index contributed by atoms with van der Waals surface area (Å²) in [6.45, 7) is 4.41. The second-order valence-corrected chi connectivity index (χ2v) is 11.0. The zero-order valence-electron chi connectivity index (χ0n) is 20.3. The van der Waals surface area contributed by atoms with Gasteiger partial charge in [-0.3, -0.25) is 13.9 Å². The second kappa shape index (κ2) is 13.7. The predicted octanol–water partition coefficient (Wildman–Crippen LogP) is 4.87. The van der Waals surface area contributed by atoms with Crippen molar-refractivity contribution >= 4 is 50.7 Å². The van der Waals surface area contributed by atoms with Crippen LogP contribution in [0, 0.1) is 0 Å². The van der Waals surface area contributed by atoms with Gasteiger partial charge < -0.3 is 10.2 Å². The molecule has 7 nitrogen and oxygen atoms in total. The third-order valence-electron chi connectivity index (χ3n) is 5.58. The van der Waals surface area contributed by atoms with Crippen LogP contribution < -0.4 is 9.62 Å². The van der Waals surface area contributed by atoms with Crippen molar-refractivity contribution in [2.24, 2.45) is 0 Å². The van der Waals surface area contributed by atoms with Gasteiger partial charge >= 0.3 is 0 Å². The summed E-state index contributed by atoms with van der Waals surface area (Å²) in [7, 11) is -3.53. The second-order valence-electron chi connectivity index (χ2n) is 8.32. The highest BCUT2D eigenvalue weighted by molar-refractivity contribution is 7.92. The van der Waals surface area contributed by atoms with Crippen molar-refractivity contribution < 1.29 is 18.0 Å². The number of hydrogen-bond acceptors (Lipinski definition) is 4. The minimum Gasteiger partial charge on any atom is -0.354 e. The molecule has 0 saturated carbocycles. The first-order valence-corrected chi connectivity index (χ1v) is 14.2. The summed E-state index contributed by atoms with van der Waals surface area (Å²) < 4.78 is 25.9. The minimum atomic E-state index is -3.53. The number of halogens is 2. The van der Waals surface area contributed by atoms with E-state index in [9.17, 15) is 18.0 Å². The summed E-state index contributed by atoms with van der Waals surface area (Å²) in [5, 5.41) is 3.67. The number of unbranched alkanes of at least 4 members (excludes halogenated alkanes) is 1. The van der Waals surface area contributed by atoms with Crippen molar-refractivity contribution in [1.29, 1.82) is 0 Å². The number of rotatable bonds is 13. The van der Waals surface area contributed by atoms with E-state index in [1.807, 2.05) is 6.92 Å². The highest BCUT2D eigenvalue weighted by Crippen LogP contribution is 2.27. The zero-order valence-corrected chi connectivity index (χ0v) is 22.7. The van der Waals surface area contributed by atoms with Crippen LogP contribution in [0.15, 0.2) is 48.5 Å². The Bertz CT molecular complexity index is 1080. The van der Waals surface area contributed by atoms with Crippen molar-refractivity contribution in [2.45, 2.75) is 52.1 Å². The summed E-state index contributed by atoms with van der Waals surface area (Å²) >= 11 is 12.7. The maximum absolute atomic E-state index is 13.3. The number of sulfonamides is 1. The Labute approximate surface area is 218 Å². The number of carbonyl (C=O) groups is 2. The molecule has 0 aliphatic heterocycles. The van der Waals surface area contributed by atoms with Crippen LogP contribution in [0.1, 0.15) is 45.1 Å². The van der Waals surface area contributed by atoms with Crippen LogP contribution >= 0.6 is 23.2 Å². The van der Waals surface area contributed by atoms with Gasteiger partial charge in [0.15, 0.2) is 0 Å². The van der Waals surface area contributed by atoms with Crippen LogP contribution in [-0.4, -0.2) is 50.5 Å². The smallest absolute Gasteiger partial charge is 0.242 e. The number of amides is 2. The fraction of sp³-hybridized carbons (Fsp3) is 0.440. The molecule has 0 bridgehead atoms.